The summed E-state index contributed by atoms with van der Waals surface area (Å²) in [5.41, 5.74) is 0. The van der Waals surface area contributed by atoms with Crippen LogP contribution in [0.3, 0.4) is 0 Å². The van der Waals surface area contributed by atoms with Crippen LogP contribution in [0.25, 0.3) is 0 Å². The molecule has 1 saturated heterocycles. The molecule has 1 N–H and O–H groups in total. The van der Waals surface area contributed by atoms with Crippen molar-refractivity contribution in [3.8, 4) is 0 Å². The van der Waals surface area contributed by atoms with Crippen LogP contribution in [0, 0.1) is 0 Å². The summed E-state index contributed by atoms with van der Waals surface area (Å²) in [5.74, 6) is 0.0479. The first-order chi connectivity index (χ1) is 5.24. The first-order valence-corrected chi connectivity index (χ1v) is 3.79. The summed E-state index contributed by atoms with van der Waals surface area (Å²) in [6, 6.07) is 0. The Morgan fingerprint density at radius 1 is 1.73 bits per heavy atom. The quantitative estimate of drug-likeness (QED) is 0.447. The van der Waals surface area contributed by atoms with Crippen LogP contribution in [-0.4, -0.2) is 35.3 Å². The van der Waals surface area contributed by atoms with E-state index < -0.39 is 0 Å². The average molecular weight is 159 g/mol. The third-order valence-electron chi connectivity index (χ3n) is 1.97. The highest BCUT2D eigenvalue weighted by Gasteiger charge is 2.21. The molecular weight excluding hydrogens is 146 g/mol. The van der Waals surface area contributed by atoms with Crippen LogP contribution in [0.2, 0.25) is 0 Å². The van der Waals surface area contributed by atoms with Gasteiger partial charge in [-0.05, 0) is 12.8 Å². The van der Waals surface area contributed by atoms with Gasteiger partial charge in [0.2, 0.25) is 5.91 Å². The van der Waals surface area contributed by atoms with Gasteiger partial charge in [-0.1, -0.05) is 0 Å². The maximum absolute atomic E-state index is 10.8. The van der Waals surface area contributed by atoms with E-state index in [4.69, 9.17) is 5.26 Å². The van der Waals surface area contributed by atoms with Crippen molar-refractivity contribution in [3.05, 3.63) is 0 Å². The number of hydrogen-bond acceptors (Lipinski definition) is 3. The first kappa shape index (κ1) is 8.49. The molecular formula is C7H13NO3. The van der Waals surface area contributed by atoms with Crippen LogP contribution in [0.4, 0.5) is 0 Å². The molecule has 0 saturated carbocycles. The maximum Gasteiger partial charge on any atom is 0.219 e. The number of carbonyl (C=O) groups is 1. The van der Waals surface area contributed by atoms with E-state index in [0.29, 0.717) is 6.54 Å². The third-order valence-corrected chi connectivity index (χ3v) is 1.97. The van der Waals surface area contributed by atoms with Crippen LogP contribution in [-0.2, 0) is 9.68 Å². The molecule has 0 bridgehead atoms. The molecule has 4 heteroatoms. The van der Waals surface area contributed by atoms with Gasteiger partial charge in [-0.15, -0.1) is 0 Å². The fraction of sp³-hybridized carbons (Fsp3) is 0.857. The topological polar surface area (TPSA) is 49.8 Å². The molecule has 4 nitrogen and oxygen atoms in total. The SMILES string of the molecule is CC(=O)N1CCCC(OO)C1. The maximum atomic E-state index is 10.8. The Labute approximate surface area is 65.7 Å². The summed E-state index contributed by atoms with van der Waals surface area (Å²) in [6.45, 7) is 2.83. The molecule has 0 aliphatic carbocycles. The van der Waals surface area contributed by atoms with E-state index >= 15 is 0 Å². The highest BCUT2D eigenvalue weighted by molar-refractivity contribution is 5.73. The van der Waals surface area contributed by atoms with Crippen molar-refractivity contribution in [3.63, 3.8) is 0 Å². The van der Waals surface area contributed by atoms with Gasteiger partial charge >= 0.3 is 0 Å². The fourth-order valence-corrected chi connectivity index (χ4v) is 1.31. The van der Waals surface area contributed by atoms with Crippen LogP contribution < -0.4 is 0 Å². The highest BCUT2D eigenvalue weighted by atomic mass is 17.1. The number of carbonyl (C=O) groups excluding carboxylic acids is 1. The van der Waals surface area contributed by atoms with Crippen molar-refractivity contribution in [1.29, 1.82) is 0 Å². The highest BCUT2D eigenvalue weighted by Crippen LogP contribution is 2.11. The molecule has 0 aromatic heterocycles. The van der Waals surface area contributed by atoms with E-state index in [9.17, 15) is 4.79 Å². The van der Waals surface area contributed by atoms with Gasteiger partial charge in [-0.2, -0.15) is 0 Å². The molecule has 0 spiro atoms. The number of piperidine rings is 1. The molecule has 0 aromatic carbocycles. The molecule has 1 fully saturated rings. The van der Waals surface area contributed by atoms with Gasteiger partial charge in [0.05, 0.1) is 0 Å². The standard InChI is InChI=1S/C7H13NO3/c1-6(9)8-4-2-3-7(5-8)11-10/h7,10H,2-5H2,1H3. The predicted molar refractivity (Wildman–Crippen MR) is 39.0 cm³/mol. The molecule has 1 amide bonds. The van der Waals surface area contributed by atoms with Gasteiger partial charge in [0, 0.05) is 20.0 Å². The number of likely N-dealkylation sites (tertiary alicyclic amines) is 1. The van der Waals surface area contributed by atoms with Crippen LogP contribution in [0.5, 0.6) is 0 Å². The van der Waals surface area contributed by atoms with Gasteiger partial charge < -0.3 is 4.90 Å². The molecule has 0 radical (unpaired) electrons. The van der Waals surface area contributed by atoms with Crippen molar-refractivity contribution >= 4 is 5.91 Å². The van der Waals surface area contributed by atoms with Gasteiger partial charge in [-0.3, -0.25) is 10.1 Å². The Bertz CT molecular complexity index is 149. The van der Waals surface area contributed by atoms with E-state index in [1.54, 1.807) is 4.90 Å². The lowest BCUT2D eigenvalue weighted by Gasteiger charge is -2.29. The van der Waals surface area contributed by atoms with Crippen LogP contribution in [0.1, 0.15) is 19.8 Å². The van der Waals surface area contributed by atoms with Crippen molar-refractivity contribution < 1.29 is 14.9 Å². The second kappa shape index (κ2) is 3.69. The lowest BCUT2D eigenvalue weighted by atomic mass is 10.1. The minimum Gasteiger partial charge on any atom is -0.340 e. The summed E-state index contributed by atoms with van der Waals surface area (Å²) in [6.07, 6.45) is 1.55. The van der Waals surface area contributed by atoms with E-state index in [1.165, 1.54) is 6.92 Å². The largest absolute Gasteiger partial charge is 0.340 e. The summed E-state index contributed by atoms with van der Waals surface area (Å²) < 4.78 is 0. The third kappa shape index (κ3) is 2.17. The van der Waals surface area contributed by atoms with E-state index in [1.807, 2.05) is 0 Å². The number of hydrogen-bond donors (Lipinski definition) is 1. The minimum atomic E-state index is -0.187. The lowest BCUT2D eigenvalue weighted by molar-refractivity contribution is -0.285. The molecule has 1 unspecified atom stereocenters. The Kier molecular flexibility index (Phi) is 2.84. The van der Waals surface area contributed by atoms with Crippen molar-refractivity contribution in [2.75, 3.05) is 13.1 Å². The van der Waals surface area contributed by atoms with Gasteiger partial charge in [0.15, 0.2) is 0 Å². The number of nitrogens with zero attached hydrogens (tertiary/aromatic N) is 1. The Morgan fingerprint density at radius 2 is 2.45 bits per heavy atom. The summed E-state index contributed by atoms with van der Waals surface area (Å²) >= 11 is 0. The second-order valence-corrected chi connectivity index (χ2v) is 2.83. The van der Waals surface area contributed by atoms with Gasteiger partial charge in [0.1, 0.15) is 6.10 Å². The molecule has 1 rings (SSSR count). The second-order valence-electron chi connectivity index (χ2n) is 2.83. The van der Waals surface area contributed by atoms with E-state index in [-0.39, 0.29) is 12.0 Å². The average Bonchev–Trinajstić information content (AvgIpc) is 2.05. The summed E-state index contributed by atoms with van der Waals surface area (Å²) in [7, 11) is 0. The zero-order chi connectivity index (χ0) is 8.27. The monoisotopic (exact) mass is 159 g/mol. The normalized spacial score (nSPS) is 25.3. The Balaban J connectivity index is 2.39. The van der Waals surface area contributed by atoms with Crippen molar-refractivity contribution in [2.45, 2.75) is 25.9 Å². The smallest absolute Gasteiger partial charge is 0.219 e. The molecule has 0 aromatic rings. The predicted octanol–water partition coefficient (Wildman–Crippen LogP) is 0.487. The van der Waals surface area contributed by atoms with Gasteiger partial charge in [-0.25, -0.2) is 4.89 Å². The number of rotatable bonds is 1. The van der Waals surface area contributed by atoms with E-state index in [2.05, 4.69) is 4.89 Å². The molecule has 1 heterocycles. The Morgan fingerprint density at radius 3 is 3.00 bits per heavy atom. The zero-order valence-corrected chi connectivity index (χ0v) is 6.62. The molecule has 1 aliphatic rings. The number of amides is 1. The van der Waals surface area contributed by atoms with E-state index in [0.717, 1.165) is 19.4 Å². The van der Waals surface area contributed by atoms with Crippen molar-refractivity contribution in [1.82, 2.24) is 4.90 Å². The van der Waals surface area contributed by atoms with Crippen LogP contribution in [0.15, 0.2) is 0 Å². The zero-order valence-electron chi connectivity index (χ0n) is 6.62. The van der Waals surface area contributed by atoms with Crippen LogP contribution >= 0.6 is 0 Å². The van der Waals surface area contributed by atoms with Crippen molar-refractivity contribution in [2.24, 2.45) is 0 Å². The summed E-state index contributed by atoms with van der Waals surface area (Å²) in [4.78, 5) is 16.7. The van der Waals surface area contributed by atoms with Gasteiger partial charge in [0.25, 0.3) is 0 Å². The molecule has 64 valence electrons. The molecule has 11 heavy (non-hydrogen) atoms. The fourth-order valence-electron chi connectivity index (χ4n) is 1.31. The minimum absolute atomic E-state index is 0.0479. The first-order valence-electron chi connectivity index (χ1n) is 3.79. The lowest BCUT2D eigenvalue weighted by Crippen LogP contribution is -2.41. The molecule has 1 atom stereocenters. The Hall–Kier alpha value is -0.610. The molecule has 1 aliphatic heterocycles. The summed E-state index contributed by atoms with van der Waals surface area (Å²) in [5, 5.41) is 8.35.